The number of nitrogens with zero attached hydrogens (tertiary/aromatic N) is 1. The zero-order chi connectivity index (χ0) is 11.3. The van der Waals surface area contributed by atoms with E-state index in [2.05, 4.69) is 38.2 Å². The Kier molecular flexibility index (Phi) is 5.58. The number of nitrogens with one attached hydrogen (secondary N) is 1. The summed E-state index contributed by atoms with van der Waals surface area (Å²) in [4.78, 5) is 2.24. The van der Waals surface area contributed by atoms with Crippen LogP contribution < -0.4 is 5.32 Å². The van der Waals surface area contributed by atoms with E-state index in [1.165, 1.54) is 12.8 Å². The van der Waals surface area contributed by atoms with Crippen molar-refractivity contribution < 1.29 is 4.74 Å². The Balaban J connectivity index is 2.09. The third-order valence-corrected chi connectivity index (χ3v) is 3.28. The molecule has 0 radical (unpaired) electrons. The molecule has 0 saturated carbocycles. The van der Waals surface area contributed by atoms with Crippen molar-refractivity contribution in [3.63, 3.8) is 0 Å². The first-order valence-corrected chi connectivity index (χ1v) is 6.11. The van der Waals surface area contributed by atoms with Crippen LogP contribution in [0.15, 0.2) is 0 Å². The highest BCUT2D eigenvalue weighted by Crippen LogP contribution is 2.16. The molecule has 0 aromatic heterocycles. The number of hydrogen-bond acceptors (Lipinski definition) is 3. The second-order valence-electron chi connectivity index (χ2n) is 4.99. The Labute approximate surface area is 94.2 Å². The highest BCUT2D eigenvalue weighted by Gasteiger charge is 2.18. The van der Waals surface area contributed by atoms with Crippen LogP contribution >= 0.6 is 0 Å². The molecule has 1 heterocycles. The van der Waals surface area contributed by atoms with Crippen molar-refractivity contribution in [3.05, 3.63) is 0 Å². The third kappa shape index (κ3) is 4.96. The van der Waals surface area contributed by atoms with Crippen molar-refractivity contribution >= 4 is 0 Å². The first-order chi connectivity index (χ1) is 7.09. The Morgan fingerprint density at radius 1 is 1.40 bits per heavy atom. The summed E-state index contributed by atoms with van der Waals surface area (Å²) in [5.41, 5.74) is 0. The molecule has 0 aliphatic carbocycles. The van der Waals surface area contributed by atoms with Crippen molar-refractivity contribution in [2.24, 2.45) is 0 Å². The lowest BCUT2D eigenvalue weighted by atomic mass is 10.1. The highest BCUT2D eigenvalue weighted by molar-refractivity contribution is 4.73. The normalized spacial score (nSPS) is 25.8. The Morgan fingerprint density at radius 3 is 2.67 bits per heavy atom. The van der Waals surface area contributed by atoms with Gasteiger partial charge in [-0.05, 0) is 47.2 Å². The topological polar surface area (TPSA) is 24.5 Å². The fraction of sp³-hybridized carbons (Fsp3) is 1.00. The summed E-state index contributed by atoms with van der Waals surface area (Å²) in [6.45, 7) is 6.52. The van der Waals surface area contributed by atoms with Crippen LogP contribution in [0.1, 0.15) is 33.1 Å². The van der Waals surface area contributed by atoms with Gasteiger partial charge in [-0.25, -0.2) is 0 Å². The molecular formula is C12H26N2O. The Bertz CT molecular complexity index is 167. The lowest BCUT2D eigenvalue weighted by Crippen LogP contribution is -2.40. The van der Waals surface area contributed by atoms with Crippen LogP contribution in [0, 0.1) is 0 Å². The Morgan fingerprint density at radius 2 is 2.13 bits per heavy atom. The summed E-state index contributed by atoms with van der Waals surface area (Å²) >= 11 is 0. The fourth-order valence-electron chi connectivity index (χ4n) is 1.86. The van der Waals surface area contributed by atoms with E-state index in [1.807, 2.05) is 0 Å². The minimum Gasteiger partial charge on any atom is -0.378 e. The summed E-state index contributed by atoms with van der Waals surface area (Å²) in [6.07, 6.45) is 4.14. The predicted octanol–water partition coefficient (Wildman–Crippen LogP) is 1.48. The molecule has 1 rings (SSSR count). The van der Waals surface area contributed by atoms with Crippen molar-refractivity contribution in [2.45, 2.75) is 51.3 Å². The molecule has 0 aromatic rings. The summed E-state index contributed by atoms with van der Waals surface area (Å²) < 4.78 is 5.63. The molecule has 0 spiro atoms. The van der Waals surface area contributed by atoms with Gasteiger partial charge in [-0.2, -0.15) is 0 Å². The first-order valence-electron chi connectivity index (χ1n) is 6.11. The van der Waals surface area contributed by atoms with Crippen LogP contribution in [0.4, 0.5) is 0 Å². The second kappa shape index (κ2) is 6.46. The van der Waals surface area contributed by atoms with Crippen LogP contribution in [0.2, 0.25) is 0 Å². The van der Waals surface area contributed by atoms with Crippen LogP contribution in [0.25, 0.3) is 0 Å². The van der Waals surface area contributed by atoms with Gasteiger partial charge in [-0.15, -0.1) is 0 Å². The van der Waals surface area contributed by atoms with Crippen molar-refractivity contribution in [1.29, 1.82) is 0 Å². The molecule has 3 nitrogen and oxygen atoms in total. The molecule has 0 amide bonds. The van der Waals surface area contributed by atoms with E-state index in [4.69, 9.17) is 4.74 Å². The summed E-state index contributed by atoms with van der Waals surface area (Å²) in [5, 5.41) is 3.57. The highest BCUT2D eigenvalue weighted by atomic mass is 16.5. The van der Waals surface area contributed by atoms with Crippen molar-refractivity contribution in [1.82, 2.24) is 10.2 Å². The van der Waals surface area contributed by atoms with E-state index < -0.39 is 0 Å². The molecule has 0 aromatic carbocycles. The minimum absolute atomic E-state index is 0.502. The summed E-state index contributed by atoms with van der Waals surface area (Å²) in [5.74, 6) is 0. The van der Waals surface area contributed by atoms with E-state index in [9.17, 15) is 0 Å². The molecule has 3 unspecified atom stereocenters. The maximum atomic E-state index is 5.63. The number of likely N-dealkylation sites (N-methyl/N-ethyl adjacent to an activating group) is 1. The maximum absolute atomic E-state index is 5.63. The van der Waals surface area contributed by atoms with E-state index >= 15 is 0 Å². The number of hydrogen-bond donors (Lipinski definition) is 1. The van der Waals surface area contributed by atoms with E-state index in [0.29, 0.717) is 18.2 Å². The molecule has 1 N–H and O–H groups in total. The van der Waals surface area contributed by atoms with Crippen molar-refractivity contribution in [2.75, 3.05) is 27.2 Å². The molecule has 1 fully saturated rings. The Hall–Kier alpha value is -0.120. The first kappa shape index (κ1) is 12.9. The average Bonchev–Trinajstić information content (AvgIpc) is 2.66. The van der Waals surface area contributed by atoms with E-state index in [-0.39, 0.29) is 0 Å². The number of rotatable bonds is 6. The molecule has 1 saturated heterocycles. The SMILES string of the molecule is CC(CC1CCCO1)NCC(C)N(C)C. The monoisotopic (exact) mass is 214 g/mol. The van der Waals surface area contributed by atoms with Gasteiger partial charge < -0.3 is 15.0 Å². The molecule has 0 bridgehead atoms. The maximum Gasteiger partial charge on any atom is 0.0590 e. The van der Waals surface area contributed by atoms with Gasteiger partial charge in [0.25, 0.3) is 0 Å². The minimum atomic E-state index is 0.502. The van der Waals surface area contributed by atoms with E-state index in [0.717, 1.165) is 19.6 Å². The van der Waals surface area contributed by atoms with Gasteiger partial charge in [0.1, 0.15) is 0 Å². The quantitative estimate of drug-likeness (QED) is 0.725. The molecule has 1 aliphatic heterocycles. The zero-order valence-corrected chi connectivity index (χ0v) is 10.6. The lowest BCUT2D eigenvalue weighted by molar-refractivity contribution is 0.0956. The van der Waals surface area contributed by atoms with Crippen LogP contribution in [0.5, 0.6) is 0 Å². The van der Waals surface area contributed by atoms with Crippen LogP contribution in [0.3, 0.4) is 0 Å². The van der Waals surface area contributed by atoms with Crippen molar-refractivity contribution in [3.8, 4) is 0 Å². The summed E-state index contributed by atoms with van der Waals surface area (Å²) in [6, 6.07) is 1.16. The molecule has 90 valence electrons. The second-order valence-corrected chi connectivity index (χ2v) is 4.99. The number of ether oxygens (including phenoxy) is 1. The molecule has 1 aliphatic rings. The standard InChI is InChI=1S/C12H26N2O/c1-10(8-12-6-5-7-15-12)13-9-11(2)14(3)4/h10-13H,5-9H2,1-4H3. The van der Waals surface area contributed by atoms with Gasteiger partial charge in [0.05, 0.1) is 6.10 Å². The van der Waals surface area contributed by atoms with Gasteiger partial charge in [-0.3, -0.25) is 0 Å². The van der Waals surface area contributed by atoms with Gasteiger partial charge in [0.15, 0.2) is 0 Å². The molecule has 3 heteroatoms. The average molecular weight is 214 g/mol. The largest absolute Gasteiger partial charge is 0.378 e. The van der Waals surface area contributed by atoms with Gasteiger partial charge in [0.2, 0.25) is 0 Å². The zero-order valence-electron chi connectivity index (χ0n) is 10.6. The van der Waals surface area contributed by atoms with Gasteiger partial charge in [-0.1, -0.05) is 0 Å². The van der Waals surface area contributed by atoms with E-state index in [1.54, 1.807) is 0 Å². The van der Waals surface area contributed by atoms with Crippen LogP contribution in [-0.2, 0) is 4.74 Å². The summed E-state index contributed by atoms with van der Waals surface area (Å²) in [7, 11) is 4.24. The smallest absolute Gasteiger partial charge is 0.0590 e. The van der Waals surface area contributed by atoms with Gasteiger partial charge in [0, 0.05) is 25.2 Å². The molecule has 15 heavy (non-hydrogen) atoms. The molecular weight excluding hydrogens is 188 g/mol. The lowest BCUT2D eigenvalue weighted by Gasteiger charge is -2.24. The fourth-order valence-corrected chi connectivity index (χ4v) is 1.86. The third-order valence-electron chi connectivity index (χ3n) is 3.28. The predicted molar refractivity (Wildman–Crippen MR) is 64.2 cm³/mol. The van der Waals surface area contributed by atoms with Crippen LogP contribution in [-0.4, -0.2) is 50.3 Å². The van der Waals surface area contributed by atoms with Gasteiger partial charge >= 0.3 is 0 Å². The molecule has 3 atom stereocenters.